The van der Waals surface area contributed by atoms with Gasteiger partial charge in [0, 0.05) is 10.5 Å². The van der Waals surface area contributed by atoms with Crippen LogP contribution in [0, 0.1) is 5.92 Å². The molecular weight excluding hydrogens is 390 g/mol. The van der Waals surface area contributed by atoms with Crippen molar-refractivity contribution in [2.24, 2.45) is 5.92 Å². The standard InChI is InChI=1S/C18H22BrNO5/c1-4-12(2)17(18(23)24-3)20-15(21)11-25-16(22)10-7-13-5-8-14(19)9-6-13/h5-10,12,17H,4,11H2,1-3H3,(H,20,21)/b10-7+/t12-,17-/m0/s1. The molecule has 7 heteroatoms. The molecule has 1 N–H and O–H groups in total. The molecule has 0 heterocycles. The first kappa shape index (κ1) is 20.9. The Kier molecular flexibility index (Phi) is 8.91. The number of nitrogens with one attached hydrogen (secondary N) is 1. The lowest BCUT2D eigenvalue weighted by Gasteiger charge is -2.21. The number of hydrogen-bond acceptors (Lipinski definition) is 5. The second-order valence-electron chi connectivity index (χ2n) is 5.45. The summed E-state index contributed by atoms with van der Waals surface area (Å²) in [6.45, 7) is 3.27. The third kappa shape index (κ3) is 7.51. The third-order valence-electron chi connectivity index (χ3n) is 3.61. The zero-order chi connectivity index (χ0) is 18.8. The molecule has 1 amide bonds. The van der Waals surface area contributed by atoms with Gasteiger partial charge in [0.2, 0.25) is 0 Å². The number of halogens is 1. The number of rotatable bonds is 8. The molecule has 0 saturated carbocycles. The largest absolute Gasteiger partial charge is 0.467 e. The van der Waals surface area contributed by atoms with Gasteiger partial charge in [-0.25, -0.2) is 9.59 Å². The van der Waals surface area contributed by atoms with E-state index in [-0.39, 0.29) is 5.92 Å². The summed E-state index contributed by atoms with van der Waals surface area (Å²) in [6, 6.07) is 6.58. The first-order valence-electron chi connectivity index (χ1n) is 7.85. The van der Waals surface area contributed by atoms with E-state index in [0.29, 0.717) is 6.42 Å². The number of carbonyl (C=O) groups is 3. The number of methoxy groups -OCH3 is 1. The second-order valence-corrected chi connectivity index (χ2v) is 6.36. The third-order valence-corrected chi connectivity index (χ3v) is 4.14. The first-order valence-corrected chi connectivity index (χ1v) is 8.64. The average molecular weight is 412 g/mol. The molecule has 0 aliphatic rings. The molecule has 0 aliphatic carbocycles. The highest BCUT2D eigenvalue weighted by molar-refractivity contribution is 9.10. The lowest BCUT2D eigenvalue weighted by Crippen LogP contribution is -2.47. The normalized spacial score (nSPS) is 13.1. The lowest BCUT2D eigenvalue weighted by molar-refractivity contribution is -0.148. The number of esters is 2. The molecule has 0 aromatic heterocycles. The van der Waals surface area contributed by atoms with Crippen molar-refractivity contribution in [2.45, 2.75) is 26.3 Å². The molecule has 0 spiro atoms. The van der Waals surface area contributed by atoms with Crippen LogP contribution >= 0.6 is 15.9 Å². The van der Waals surface area contributed by atoms with Crippen LogP contribution in [0.3, 0.4) is 0 Å². The average Bonchev–Trinajstić information content (AvgIpc) is 2.62. The molecule has 0 aliphatic heterocycles. The fourth-order valence-electron chi connectivity index (χ4n) is 1.93. The molecule has 1 rings (SSSR count). The van der Waals surface area contributed by atoms with Gasteiger partial charge in [0.05, 0.1) is 7.11 Å². The number of benzene rings is 1. The molecule has 2 atom stereocenters. The monoisotopic (exact) mass is 411 g/mol. The van der Waals surface area contributed by atoms with E-state index in [2.05, 4.69) is 26.0 Å². The summed E-state index contributed by atoms with van der Waals surface area (Å²) in [5.74, 6) is -1.81. The van der Waals surface area contributed by atoms with E-state index in [1.54, 1.807) is 6.08 Å². The van der Waals surface area contributed by atoms with Crippen LogP contribution in [0.5, 0.6) is 0 Å². The Balaban J connectivity index is 2.50. The van der Waals surface area contributed by atoms with Crippen molar-refractivity contribution in [3.63, 3.8) is 0 Å². The van der Waals surface area contributed by atoms with Crippen LogP contribution in [-0.4, -0.2) is 37.6 Å². The molecule has 1 aromatic carbocycles. The van der Waals surface area contributed by atoms with Gasteiger partial charge in [0.25, 0.3) is 5.91 Å². The summed E-state index contributed by atoms with van der Waals surface area (Å²) in [6.07, 6.45) is 3.52. The van der Waals surface area contributed by atoms with Crippen molar-refractivity contribution in [1.29, 1.82) is 0 Å². The van der Waals surface area contributed by atoms with E-state index < -0.39 is 30.5 Å². The van der Waals surface area contributed by atoms with Gasteiger partial charge in [-0.1, -0.05) is 48.3 Å². The Morgan fingerprint density at radius 3 is 2.44 bits per heavy atom. The first-order chi connectivity index (χ1) is 11.9. The van der Waals surface area contributed by atoms with E-state index >= 15 is 0 Å². The Morgan fingerprint density at radius 2 is 1.88 bits per heavy atom. The molecule has 6 nitrogen and oxygen atoms in total. The van der Waals surface area contributed by atoms with Crippen molar-refractivity contribution in [3.05, 3.63) is 40.4 Å². The Hall–Kier alpha value is -2.15. The quantitative estimate of drug-likeness (QED) is 0.525. The van der Waals surface area contributed by atoms with Crippen molar-refractivity contribution in [2.75, 3.05) is 13.7 Å². The summed E-state index contributed by atoms with van der Waals surface area (Å²) in [5.41, 5.74) is 0.826. The van der Waals surface area contributed by atoms with E-state index in [9.17, 15) is 14.4 Å². The van der Waals surface area contributed by atoms with Gasteiger partial charge in [-0.2, -0.15) is 0 Å². The van der Waals surface area contributed by atoms with Crippen molar-refractivity contribution in [3.8, 4) is 0 Å². The van der Waals surface area contributed by atoms with Gasteiger partial charge < -0.3 is 14.8 Å². The van der Waals surface area contributed by atoms with Crippen LogP contribution in [-0.2, 0) is 23.9 Å². The van der Waals surface area contributed by atoms with Gasteiger partial charge >= 0.3 is 11.9 Å². The highest BCUT2D eigenvalue weighted by Crippen LogP contribution is 2.11. The van der Waals surface area contributed by atoms with Crippen molar-refractivity contribution < 1.29 is 23.9 Å². The van der Waals surface area contributed by atoms with Crippen molar-refractivity contribution in [1.82, 2.24) is 5.32 Å². The molecule has 136 valence electrons. The van der Waals surface area contributed by atoms with Gasteiger partial charge in [-0.15, -0.1) is 0 Å². The number of carbonyl (C=O) groups excluding carboxylic acids is 3. The fraction of sp³-hybridized carbons (Fsp3) is 0.389. The molecule has 0 fully saturated rings. The zero-order valence-electron chi connectivity index (χ0n) is 14.5. The molecule has 0 saturated heterocycles. The van der Waals surface area contributed by atoms with E-state index in [4.69, 9.17) is 4.74 Å². The van der Waals surface area contributed by atoms with Crippen LogP contribution in [0.25, 0.3) is 6.08 Å². The maximum absolute atomic E-state index is 11.9. The zero-order valence-corrected chi connectivity index (χ0v) is 16.0. The minimum absolute atomic E-state index is 0.0931. The molecule has 1 aromatic rings. The van der Waals surface area contributed by atoms with Gasteiger partial charge in [-0.3, -0.25) is 4.79 Å². The van der Waals surface area contributed by atoms with Crippen LogP contribution in [0.4, 0.5) is 0 Å². The van der Waals surface area contributed by atoms with Gasteiger partial charge in [0.15, 0.2) is 6.61 Å². The SMILES string of the molecule is CC[C@H](C)[C@H](NC(=O)COC(=O)/C=C/c1ccc(Br)cc1)C(=O)OC. The smallest absolute Gasteiger partial charge is 0.331 e. The summed E-state index contributed by atoms with van der Waals surface area (Å²) in [5, 5.41) is 2.53. The minimum Gasteiger partial charge on any atom is -0.467 e. The number of ether oxygens (including phenoxy) is 2. The highest BCUT2D eigenvalue weighted by atomic mass is 79.9. The number of amides is 1. The van der Waals surface area contributed by atoms with E-state index in [1.807, 2.05) is 38.1 Å². The molecule has 25 heavy (non-hydrogen) atoms. The summed E-state index contributed by atoms with van der Waals surface area (Å²) < 4.78 is 10.5. The molecular formula is C18H22BrNO5. The van der Waals surface area contributed by atoms with E-state index in [0.717, 1.165) is 10.0 Å². The predicted molar refractivity (Wildman–Crippen MR) is 97.5 cm³/mol. The molecule has 0 unspecified atom stereocenters. The highest BCUT2D eigenvalue weighted by Gasteiger charge is 2.26. The Labute approximate surface area is 155 Å². The lowest BCUT2D eigenvalue weighted by atomic mass is 9.99. The minimum atomic E-state index is -0.764. The maximum Gasteiger partial charge on any atom is 0.331 e. The van der Waals surface area contributed by atoms with Gasteiger partial charge in [0.1, 0.15) is 6.04 Å². The predicted octanol–water partition coefficient (Wildman–Crippen LogP) is 2.71. The maximum atomic E-state index is 11.9. The summed E-state index contributed by atoms with van der Waals surface area (Å²) in [4.78, 5) is 35.3. The fourth-order valence-corrected chi connectivity index (χ4v) is 2.20. The summed E-state index contributed by atoms with van der Waals surface area (Å²) in [7, 11) is 1.26. The van der Waals surface area contributed by atoms with Crippen LogP contribution < -0.4 is 5.32 Å². The van der Waals surface area contributed by atoms with Crippen LogP contribution in [0.2, 0.25) is 0 Å². The van der Waals surface area contributed by atoms with Crippen molar-refractivity contribution >= 4 is 39.9 Å². The second kappa shape index (κ2) is 10.7. The van der Waals surface area contributed by atoms with E-state index in [1.165, 1.54) is 13.2 Å². The topological polar surface area (TPSA) is 81.7 Å². The molecule has 0 bridgehead atoms. The van der Waals surface area contributed by atoms with Gasteiger partial charge in [-0.05, 0) is 29.7 Å². The number of hydrogen-bond donors (Lipinski definition) is 1. The Bertz CT molecular complexity index is 627. The van der Waals surface area contributed by atoms with Crippen LogP contribution in [0.1, 0.15) is 25.8 Å². The van der Waals surface area contributed by atoms with Crippen LogP contribution in [0.15, 0.2) is 34.8 Å². The summed E-state index contributed by atoms with van der Waals surface area (Å²) >= 11 is 3.32. The Morgan fingerprint density at radius 1 is 1.24 bits per heavy atom. The molecule has 0 radical (unpaired) electrons.